The number of nitrogens with zero attached hydrogens (tertiary/aromatic N) is 3. The van der Waals surface area contributed by atoms with Crippen LogP contribution >= 0.6 is 22.9 Å². The number of amides is 1. The summed E-state index contributed by atoms with van der Waals surface area (Å²) in [6.45, 7) is 5.55. The molecule has 9 heteroatoms. The van der Waals surface area contributed by atoms with Crippen LogP contribution in [0.25, 0.3) is 16.1 Å². The van der Waals surface area contributed by atoms with Gasteiger partial charge in [-0.15, -0.1) is 11.3 Å². The van der Waals surface area contributed by atoms with Crippen LogP contribution in [0.1, 0.15) is 37.0 Å². The average molecular weight is 439 g/mol. The summed E-state index contributed by atoms with van der Waals surface area (Å²) in [5, 5.41) is 18.9. The highest BCUT2D eigenvalue weighted by Crippen LogP contribution is 2.40. The molecule has 0 aliphatic heterocycles. The van der Waals surface area contributed by atoms with Crippen LogP contribution in [0.5, 0.6) is 0 Å². The van der Waals surface area contributed by atoms with E-state index in [-0.39, 0.29) is 17.2 Å². The maximum atomic E-state index is 12.6. The van der Waals surface area contributed by atoms with Crippen LogP contribution in [-0.2, 0) is 0 Å². The van der Waals surface area contributed by atoms with Crippen molar-refractivity contribution in [2.45, 2.75) is 20.8 Å². The third-order valence-electron chi connectivity index (χ3n) is 4.73. The summed E-state index contributed by atoms with van der Waals surface area (Å²) in [6.07, 6.45) is 1.61. The molecular weight excluding hydrogens is 420 g/mol. The minimum Gasteiger partial charge on any atom is -0.478 e. The molecule has 0 bridgehead atoms. The zero-order valence-corrected chi connectivity index (χ0v) is 18.1. The van der Waals surface area contributed by atoms with Crippen molar-refractivity contribution in [3.63, 3.8) is 0 Å². The van der Waals surface area contributed by atoms with E-state index >= 15 is 0 Å². The van der Waals surface area contributed by atoms with E-state index in [4.69, 9.17) is 0 Å². The molecule has 0 fully saturated rings. The Morgan fingerprint density at radius 1 is 1.13 bits per heavy atom. The van der Waals surface area contributed by atoms with Crippen molar-refractivity contribution in [1.82, 2.24) is 14.2 Å². The quantitative estimate of drug-likeness (QED) is 0.460. The molecule has 3 heterocycles. The van der Waals surface area contributed by atoms with Crippen molar-refractivity contribution in [2.24, 2.45) is 0 Å². The first kappa shape index (κ1) is 20.0. The SMILES string of the molecule is Cc1cnsc1C(=O)Nc1csc(-c2c(C)nn(-c3ccccc3)c2C)c1C(=O)O. The summed E-state index contributed by atoms with van der Waals surface area (Å²) in [5.41, 5.74) is 4.29. The van der Waals surface area contributed by atoms with Crippen molar-refractivity contribution in [3.05, 3.63) is 69.3 Å². The number of carbonyl (C=O) groups is 2. The Morgan fingerprint density at radius 3 is 2.50 bits per heavy atom. The van der Waals surface area contributed by atoms with Gasteiger partial charge in [0.15, 0.2) is 0 Å². The Hall–Kier alpha value is -3.30. The Bertz CT molecular complexity index is 1250. The number of benzene rings is 1. The maximum absolute atomic E-state index is 12.6. The first-order valence-electron chi connectivity index (χ1n) is 9.08. The highest BCUT2D eigenvalue weighted by Gasteiger charge is 2.26. The van der Waals surface area contributed by atoms with Gasteiger partial charge >= 0.3 is 5.97 Å². The topological polar surface area (TPSA) is 97.1 Å². The molecule has 7 nitrogen and oxygen atoms in total. The number of hydrogen-bond acceptors (Lipinski definition) is 6. The van der Waals surface area contributed by atoms with E-state index < -0.39 is 5.97 Å². The number of hydrogen-bond donors (Lipinski definition) is 2. The number of aryl methyl sites for hydroxylation is 2. The number of para-hydroxylation sites is 1. The zero-order chi connectivity index (χ0) is 21.4. The zero-order valence-electron chi connectivity index (χ0n) is 16.5. The van der Waals surface area contributed by atoms with Crippen molar-refractivity contribution in [2.75, 3.05) is 5.32 Å². The normalized spacial score (nSPS) is 10.9. The third kappa shape index (κ3) is 3.42. The smallest absolute Gasteiger partial charge is 0.339 e. The molecule has 0 unspecified atom stereocenters. The first-order valence-corrected chi connectivity index (χ1v) is 10.7. The van der Waals surface area contributed by atoms with Crippen molar-refractivity contribution in [3.8, 4) is 16.1 Å². The summed E-state index contributed by atoms with van der Waals surface area (Å²) in [4.78, 5) is 25.8. The van der Waals surface area contributed by atoms with Crippen LogP contribution in [0.4, 0.5) is 5.69 Å². The van der Waals surface area contributed by atoms with Crippen LogP contribution < -0.4 is 5.32 Å². The molecule has 0 aliphatic rings. The summed E-state index contributed by atoms with van der Waals surface area (Å²) < 4.78 is 5.81. The standard InChI is InChI=1S/C21H18N4O3S2/c1-11-9-22-30-18(11)20(26)23-15-10-29-19(17(15)21(27)28)16-12(2)24-25(13(16)3)14-7-5-4-6-8-14/h4-10H,1-3H3,(H,23,26)(H,27,28). The number of aromatic nitrogens is 3. The molecule has 4 aromatic rings. The van der Waals surface area contributed by atoms with E-state index in [0.717, 1.165) is 39.7 Å². The Morgan fingerprint density at radius 2 is 1.87 bits per heavy atom. The fraction of sp³-hybridized carbons (Fsp3) is 0.143. The van der Waals surface area contributed by atoms with Gasteiger partial charge in [0.1, 0.15) is 10.4 Å². The lowest BCUT2D eigenvalue weighted by molar-refractivity contribution is 0.0699. The molecule has 0 atom stereocenters. The number of thiophene rings is 1. The molecule has 4 rings (SSSR count). The van der Waals surface area contributed by atoms with Crippen LogP contribution in [-0.4, -0.2) is 31.1 Å². The van der Waals surface area contributed by atoms with Gasteiger partial charge in [-0.05, 0) is 50.0 Å². The summed E-state index contributed by atoms with van der Waals surface area (Å²) in [7, 11) is 0. The minimum absolute atomic E-state index is 0.0642. The third-order valence-corrected chi connectivity index (χ3v) is 6.63. The van der Waals surface area contributed by atoms with Crippen molar-refractivity contribution < 1.29 is 14.7 Å². The van der Waals surface area contributed by atoms with E-state index in [2.05, 4.69) is 14.8 Å². The average Bonchev–Trinajstić information content (AvgIpc) is 3.40. The monoisotopic (exact) mass is 438 g/mol. The Kier molecular flexibility index (Phi) is 5.23. The van der Waals surface area contributed by atoms with Crippen LogP contribution in [0.15, 0.2) is 41.9 Å². The molecule has 0 saturated heterocycles. The molecule has 0 saturated carbocycles. The lowest BCUT2D eigenvalue weighted by Gasteiger charge is -2.07. The fourth-order valence-electron chi connectivity index (χ4n) is 3.33. The molecule has 30 heavy (non-hydrogen) atoms. The number of carboxylic acid groups (broad SMARTS) is 1. The summed E-state index contributed by atoms with van der Waals surface area (Å²) in [5.74, 6) is -1.47. The van der Waals surface area contributed by atoms with E-state index in [0.29, 0.717) is 9.75 Å². The predicted octanol–water partition coefficient (Wildman–Crippen LogP) is 4.93. The number of rotatable bonds is 5. The van der Waals surface area contributed by atoms with Crippen molar-refractivity contribution in [1.29, 1.82) is 0 Å². The van der Waals surface area contributed by atoms with Crippen LogP contribution in [0.3, 0.4) is 0 Å². The van der Waals surface area contributed by atoms with Gasteiger partial charge in [0.2, 0.25) is 0 Å². The highest BCUT2D eigenvalue weighted by molar-refractivity contribution is 7.14. The number of nitrogens with one attached hydrogen (secondary N) is 1. The largest absolute Gasteiger partial charge is 0.478 e. The number of carbonyl (C=O) groups excluding carboxylic acids is 1. The van der Waals surface area contributed by atoms with Gasteiger partial charge in [-0.25, -0.2) is 13.8 Å². The highest BCUT2D eigenvalue weighted by atomic mass is 32.1. The number of aromatic carboxylic acids is 1. The van der Waals surface area contributed by atoms with E-state index in [1.54, 1.807) is 23.2 Å². The molecular formula is C21H18N4O3S2. The van der Waals surface area contributed by atoms with Gasteiger partial charge in [-0.2, -0.15) is 5.10 Å². The molecule has 1 amide bonds. The van der Waals surface area contributed by atoms with Crippen LogP contribution in [0.2, 0.25) is 0 Å². The van der Waals surface area contributed by atoms with E-state index in [1.165, 1.54) is 11.3 Å². The Labute approximate surface area is 180 Å². The molecule has 152 valence electrons. The Balaban J connectivity index is 1.78. The number of anilines is 1. The molecule has 1 aromatic carbocycles. The van der Waals surface area contributed by atoms with Gasteiger partial charge in [0, 0.05) is 17.1 Å². The van der Waals surface area contributed by atoms with Gasteiger partial charge in [0.05, 0.1) is 27.6 Å². The molecule has 0 spiro atoms. The van der Waals surface area contributed by atoms with Gasteiger partial charge < -0.3 is 10.4 Å². The van der Waals surface area contributed by atoms with Crippen molar-refractivity contribution >= 4 is 40.4 Å². The van der Waals surface area contributed by atoms with E-state index in [9.17, 15) is 14.7 Å². The maximum Gasteiger partial charge on any atom is 0.339 e. The van der Waals surface area contributed by atoms with Crippen LogP contribution in [0, 0.1) is 20.8 Å². The molecule has 0 aliphatic carbocycles. The summed E-state index contributed by atoms with van der Waals surface area (Å²) >= 11 is 2.36. The van der Waals surface area contributed by atoms with Gasteiger partial charge in [-0.3, -0.25) is 4.79 Å². The second kappa shape index (κ2) is 7.85. The first-order chi connectivity index (χ1) is 14.4. The summed E-state index contributed by atoms with van der Waals surface area (Å²) in [6, 6.07) is 9.66. The second-order valence-corrected chi connectivity index (χ2v) is 8.43. The fourth-order valence-corrected chi connectivity index (χ4v) is 5.11. The van der Waals surface area contributed by atoms with Gasteiger partial charge in [-0.1, -0.05) is 18.2 Å². The molecule has 3 aromatic heterocycles. The lowest BCUT2D eigenvalue weighted by Crippen LogP contribution is -2.13. The molecule has 0 radical (unpaired) electrons. The second-order valence-electron chi connectivity index (χ2n) is 6.74. The number of carboxylic acids is 1. The lowest BCUT2D eigenvalue weighted by atomic mass is 10.1. The molecule has 2 N–H and O–H groups in total. The minimum atomic E-state index is -1.10. The predicted molar refractivity (Wildman–Crippen MR) is 118 cm³/mol. The van der Waals surface area contributed by atoms with Gasteiger partial charge in [0.25, 0.3) is 5.91 Å². The van der Waals surface area contributed by atoms with E-state index in [1.807, 2.05) is 44.2 Å².